The molecule has 7 nitrogen and oxygen atoms in total. The van der Waals surface area contributed by atoms with Gasteiger partial charge in [0.15, 0.2) is 5.82 Å². The predicted molar refractivity (Wildman–Crippen MR) is 123 cm³/mol. The van der Waals surface area contributed by atoms with Gasteiger partial charge in [-0.1, -0.05) is 48.2 Å². The van der Waals surface area contributed by atoms with E-state index < -0.39 is 0 Å². The van der Waals surface area contributed by atoms with Crippen molar-refractivity contribution in [2.75, 3.05) is 11.6 Å². The normalized spacial score (nSPS) is 11.0. The molecule has 0 atom stereocenters. The maximum atomic E-state index is 12.8. The Labute approximate surface area is 187 Å². The van der Waals surface area contributed by atoms with Gasteiger partial charge in [0, 0.05) is 12.6 Å². The summed E-state index contributed by atoms with van der Waals surface area (Å²) in [7, 11) is 0. The van der Waals surface area contributed by atoms with E-state index in [1.807, 2.05) is 75.1 Å². The van der Waals surface area contributed by atoms with Gasteiger partial charge in [0.1, 0.15) is 12.4 Å². The van der Waals surface area contributed by atoms with E-state index in [1.54, 1.807) is 0 Å². The van der Waals surface area contributed by atoms with Crippen molar-refractivity contribution >= 4 is 17.7 Å². The van der Waals surface area contributed by atoms with Gasteiger partial charge in [-0.2, -0.15) is 0 Å². The maximum absolute atomic E-state index is 12.8. The highest BCUT2D eigenvalue weighted by Crippen LogP contribution is 2.20. The number of nitrogens with zero attached hydrogens (tertiary/aromatic N) is 4. The number of carbonyl (C=O) groups excluding carboxylic acids is 1. The second kappa shape index (κ2) is 10.3. The lowest BCUT2D eigenvalue weighted by molar-refractivity contribution is -0.130. The van der Waals surface area contributed by atoms with E-state index in [2.05, 4.69) is 16.3 Å². The van der Waals surface area contributed by atoms with Crippen LogP contribution >= 0.6 is 11.8 Å². The Bertz CT molecular complexity index is 1000. The third kappa shape index (κ3) is 6.24. The summed E-state index contributed by atoms with van der Waals surface area (Å²) in [5.41, 5.74) is 3.36. The summed E-state index contributed by atoms with van der Waals surface area (Å²) >= 11 is 1.28. The van der Waals surface area contributed by atoms with Crippen molar-refractivity contribution in [3.8, 4) is 5.75 Å². The van der Waals surface area contributed by atoms with Crippen molar-refractivity contribution in [2.24, 2.45) is 0 Å². The fourth-order valence-electron chi connectivity index (χ4n) is 3.22. The summed E-state index contributed by atoms with van der Waals surface area (Å²) in [5, 5.41) is 8.72. The molecule has 2 N–H and O–H groups in total. The summed E-state index contributed by atoms with van der Waals surface area (Å²) < 4.78 is 7.21. The average molecular weight is 440 g/mol. The molecule has 0 aliphatic rings. The lowest BCUT2D eigenvalue weighted by Crippen LogP contribution is -2.37. The van der Waals surface area contributed by atoms with Crippen molar-refractivity contribution in [1.82, 2.24) is 19.8 Å². The molecular formula is C23H29N5O2S. The highest BCUT2D eigenvalue weighted by molar-refractivity contribution is 7.99. The van der Waals surface area contributed by atoms with Crippen LogP contribution in [0.1, 0.15) is 36.4 Å². The highest BCUT2D eigenvalue weighted by Gasteiger charge is 2.19. The maximum Gasteiger partial charge on any atom is 0.233 e. The quantitative estimate of drug-likeness (QED) is 0.404. The third-order valence-electron chi connectivity index (χ3n) is 4.76. The third-order valence-corrected chi connectivity index (χ3v) is 5.69. The van der Waals surface area contributed by atoms with Gasteiger partial charge in [-0.15, -0.1) is 10.2 Å². The smallest absolute Gasteiger partial charge is 0.233 e. The number of hydrogen-bond donors (Lipinski definition) is 1. The number of nitrogen functional groups attached to an aromatic ring is 1. The van der Waals surface area contributed by atoms with E-state index in [1.165, 1.54) is 16.4 Å². The molecule has 0 unspecified atom stereocenters. The van der Waals surface area contributed by atoms with Crippen molar-refractivity contribution in [1.29, 1.82) is 0 Å². The summed E-state index contributed by atoms with van der Waals surface area (Å²) in [4.78, 5) is 14.7. The fraction of sp³-hybridized carbons (Fsp3) is 0.348. The molecule has 0 radical (unpaired) electrons. The lowest BCUT2D eigenvalue weighted by Gasteiger charge is -2.26. The first-order valence-corrected chi connectivity index (χ1v) is 11.2. The zero-order valence-electron chi connectivity index (χ0n) is 18.4. The molecule has 0 spiro atoms. The van der Waals surface area contributed by atoms with Crippen LogP contribution in [0.5, 0.6) is 5.75 Å². The number of aromatic nitrogens is 3. The molecule has 3 aromatic rings. The minimum atomic E-state index is 0.0277. The minimum absolute atomic E-state index is 0.0277. The molecule has 0 bridgehead atoms. The Hall–Kier alpha value is -3.00. The molecule has 0 fully saturated rings. The zero-order valence-corrected chi connectivity index (χ0v) is 19.2. The van der Waals surface area contributed by atoms with E-state index in [-0.39, 0.29) is 24.3 Å². The van der Waals surface area contributed by atoms with Crippen molar-refractivity contribution in [2.45, 2.75) is 52.0 Å². The first-order valence-electron chi connectivity index (χ1n) is 10.2. The zero-order chi connectivity index (χ0) is 22.4. The Morgan fingerprint density at radius 2 is 1.81 bits per heavy atom. The number of amides is 1. The van der Waals surface area contributed by atoms with Crippen LogP contribution in [-0.4, -0.2) is 37.5 Å². The monoisotopic (exact) mass is 439 g/mol. The van der Waals surface area contributed by atoms with Gasteiger partial charge in [-0.05, 0) is 56.5 Å². The molecule has 3 rings (SSSR count). The largest absolute Gasteiger partial charge is 0.486 e. The minimum Gasteiger partial charge on any atom is -0.486 e. The van der Waals surface area contributed by atoms with Crippen molar-refractivity contribution < 1.29 is 9.53 Å². The first-order chi connectivity index (χ1) is 14.8. The van der Waals surface area contributed by atoms with Gasteiger partial charge in [0.2, 0.25) is 11.1 Å². The van der Waals surface area contributed by atoms with Crippen LogP contribution in [-0.2, 0) is 17.9 Å². The number of nitrogens with two attached hydrogens (primary N) is 1. The molecule has 0 saturated heterocycles. The lowest BCUT2D eigenvalue weighted by atomic mass is 10.1. The highest BCUT2D eigenvalue weighted by atomic mass is 32.2. The molecule has 1 amide bonds. The van der Waals surface area contributed by atoms with Crippen LogP contribution in [0, 0.1) is 13.8 Å². The van der Waals surface area contributed by atoms with Crippen molar-refractivity contribution in [3.05, 3.63) is 71.0 Å². The van der Waals surface area contributed by atoms with Gasteiger partial charge in [0.05, 0.1) is 5.75 Å². The average Bonchev–Trinajstić information content (AvgIpc) is 3.08. The number of benzene rings is 2. The Morgan fingerprint density at radius 1 is 1.13 bits per heavy atom. The predicted octanol–water partition coefficient (Wildman–Crippen LogP) is 3.72. The Morgan fingerprint density at radius 3 is 2.45 bits per heavy atom. The summed E-state index contributed by atoms with van der Waals surface area (Å²) in [6.07, 6.45) is 0. The van der Waals surface area contributed by atoms with Crippen LogP contribution in [0.2, 0.25) is 0 Å². The fourth-order valence-corrected chi connectivity index (χ4v) is 3.98. The molecular weight excluding hydrogens is 410 g/mol. The number of ether oxygens (including phenoxy) is 1. The molecule has 164 valence electrons. The van der Waals surface area contributed by atoms with E-state index in [4.69, 9.17) is 10.6 Å². The molecule has 1 aromatic heterocycles. The van der Waals surface area contributed by atoms with Crippen LogP contribution in [0.25, 0.3) is 0 Å². The van der Waals surface area contributed by atoms with Crippen molar-refractivity contribution in [3.63, 3.8) is 0 Å². The number of aryl methyl sites for hydroxylation is 2. The Kier molecular flexibility index (Phi) is 7.57. The summed E-state index contributed by atoms with van der Waals surface area (Å²) in [5.74, 6) is 7.66. The van der Waals surface area contributed by atoms with Crippen LogP contribution < -0.4 is 10.6 Å². The molecule has 8 heteroatoms. The van der Waals surface area contributed by atoms with Gasteiger partial charge in [-0.25, -0.2) is 4.68 Å². The first kappa shape index (κ1) is 22.7. The SMILES string of the molecule is Cc1cc(C)cc(OCc2nnc(SCC(=O)N(Cc3ccccc3)C(C)C)n2N)c1. The van der Waals surface area contributed by atoms with Crippen LogP contribution in [0.3, 0.4) is 0 Å². The van der Waals surface area contributed by atoms with Gasteiger partial charge in [-0.3, -0.25) is 4.79 Å². The van der Waals surface area contributed by atoms with Crippen LogP contribution in [0.15, 0.2) is 53.7 Å². The van der Waals surface area contributed by atoms with E-state index >= 15 is 0 Å². The summed E-state index contributed by atoms with van der Waals surface area (Å²) in [6, 6.07) is 16.1. The van der Waals surface area contributed by atoms with E-state index in [9.17, 15) is 4.79 Å². The van der Waals surface area contributed by atoms with Crippen LogP contribution in [0.4, 0.5) is 0 Å². The molecule has 0 saturated carbocycles. The van der Waals surface area contributed by atoms with E-state index in [0.717, 1.165) is 22.4 Å². The number of thioether (sulfide) groups is 1. The molecule has 0 aliphatic carbocycles. The number of rotatable bonds is 9. The molecule has 0 aliphatic heterocycles. The molecule has 1 heterocycles. The van der Waals surface area contributed by atoms with Gasteiger partial charge < -0.3 is 15.5 Å². The van der Waals surface area contributed by atoms with E-state index in [0.29, 0.717) is 17.5 Å². The molecule has 31 heavy (non-hydrogen) atoms. The second-order valence-corrected chi connectivity index (χ2v) is 8.71. The topological polar surface area (TPSA) is 86.3 Å². The van der Waals surface area contributed by atoms with Gasteiger partial charge in [0.25, 0.3) is 0 Å². The molecule has 2 aromatic carbocycles. The summed E-state index contributed by atoms with van der Waals surface area (Å²) in [6.45, 7) is 8.85. The number of carbonyl (C=O) groups is 1. The Balaban J connectivity index is 1.58. The standard InChI is InChI=1S/C23H29N5O2S/c1-16(2)27(13-19-8-6-5-7-9-19)22(29)15-31-23-26-25-21(28(23)24)14-30-20-11-17(3)10-18(4)12-20/h5-12,16H,13-15,24H2,1-4H3. The second-order valence-electron chi connectivity index (χ2n) is 7.77. The van der Waals surface area contributed by atoms with Gasteiger partial charge >= 0.3 is 0 Å². The number of hydrogen-bond acceptors (Lipinski definition) is 6.